The van der Waals surface area contributed by atoms with Gasteiger partial charge in [-0.05, 0) is 35.9 Å². The Kier molecular flexibility index (Phi) is 5.24. The van der Waals surface area contributed by atoms with Crippen LogP contribution in [0.25, 0.3) is 0 Å². The Morgan fingerprint density at radius 1 is 1.20 bits per heavy atom. The van der Waals surface area contributed by atoms with Gasteiger partial charge in [0.1, 0.15) is 0 Å². The Labute approximate surface area is 120 Å². The largest absolute Gasteiger partial charge is 0.307 e. The Morgan fingerprint density at radius 2 is 1.95 bits per heavy atom. The molecule has 108 valence electrons. The predicted molar refractivity (Wildman–Crippen MR) is 79.4 cm³/mol. The van der Waals surface area contributed by atoms with Gasteiger partial charge >= 0.3 is 0 Å². The summed E-state index contributed by atoms with van der Waals surface area (Å²) >= 11 is 0. The minimum absolute atomic E-state index is 0.174. The van der Waals surface area contributed by atoms with Gasteiger partial charge in [0.05, 0.1) is 12.6 Å². The van der Waals surface area contributed by atoms with Gasteiger partial charge < -0.3 is 5.32 Å². The second-order valence-corrected chi connectivity index (χ2v) is 5.21. The standard InChI is InChI=1S/C15H23N5/c1-4-10-16-13(3)15-17-18-19-20(15)11-12(2)14-8-6-5-7-9-14/h5-9,12-13,16H,4,10-11H2,1-3H3. The van der Waals surface area contributed by atoms with E-state index in [4.69, 9.17) is 0 Å². The Morgan fingerprint density at radius 3 is 2.65 bits per heavy atom. The van der Waals surface area contributed by atoms with Crippen molar-refractivity contribution >= 4 is 0 Å². The molecule has 2 atom stereocenters. The second kappa shape index (κ2) is 7.14. The second-order valence-electron chi connectivity index (χ2n) is 5.21. The first-order valence-corrected chi connectivity index (χ1v) is 7.26. The van der Waals surface area contributed by atoms with Crippen molar-refractivity contribution in [2.45, 2.75) is 45.7 Å². The highest BCUT2D eigenvalue weighted by Crippen LogP contribution is 2.18. The summed E-state index contributed by atoms with van der Waals surface area (Å²) in [6.07, 6.45) is 1.10. The van der Waals surface area contributed by atoms with Gasteiger partial charge in [0.2, 0.25) is 0 Å². The molecular weight excluding hydrogens is 250 g/mol. The van der Waals surface area contributed by atoms with E-state index in [1.165, 1.54) is 5.56 Å². The van der Waals surface area contributed by atoms with E-state index in [-0.39, 0.29) is 6.04 Å². The number of aromatic nitrogens is 4. The quantitative estimate of drug-likeness (QED) is 0.842. The number of hydrogen-bond donors (Lipinski definition) is 1. The number of benzene rings is 1. The van der Waals surface area contributed by atoms with Crippen molar-refractivity contribution in [3.8, 4) is 0 Å². The maximum atomic E-state index is 4.16. The van der Waals surface area contributed by atoms with Crippen molar-refractivity contribution in [3.63, 3.8) is 0 Å². The van der Waals surface area contributed by atoms with Crippen LogP contribution in [0.2, 0.25) is 0 Å². The maximum absolute atomic E-state index is 4.16. The smallest absolute Gasteiger partial charge is 0.167 e. The Hall–Kier alpha value is -1.75. The molecule has 2 aromatic rings. The molecular formula is C15H23N5. The maximum Gasteiger partial charge on any atom is 0.167 e. The highest BCUT2D eigenvalue weighted by atomic mass is 15.5. The van der Waals surface area contributed by atoms with Crippen LogP contribution in [0.3, 0.4) is 0 Å². The summed E-state index contributed by atoms with van der Waals surface area (Å²) in [6, 6.07) is 10.6. The van der Waals surface area contributed by atoms with E-state index >= 15 is 0 Å². The van der Waals surface area contributed by atoms with Crippen LogP contribution in [0.1, 0.15) is 50.5 Å². The molecule has 0 saturated heterocycles. The van der Waals surface area contributed by atoms with Crippen molar-refractivity contribution in [1.29, 1.82) is 0 Å². The van der Waals surface area contributed by atoms with E-state index in [0.717, 1.165) is 25.3 Å². The lowest BCUT2D eigenvalue weighted by Gasteiger charge is -2.16. The van der Waals surface area contributed by atoms with Crippen molar-refractivity contribution in [2.24, 2.45) is 0 Å². The summed E-state index contributed by atoms with van der Waals surface area (Å²) in [6.45, 7) is 8.23. The van der Waals surface area contributed by atoms with Gasteiger partial charge in [0.25, 0.3) is 0 Å². The minimum atomic E-state index is 0.174. The molecule has 20 heavy (non-hydrogen) atoms. The first kappa shape index (κ1) is 14.7. The summed E-state index contributed by atoms with van der Waals surface area (Å²) in [5, 5.41) is 15.5. The molecule has 5 heteroatoms. The van der Waals surface area contributed by atoms with Crippen LogP contribution in [0.4, 0.5) is 0 Å². The van der Waals surface area contributed by atoms with Gasteiger partial charge in [0.15, 0.2) is 5.82 Å². The average molecular weight is 273 g/mol. The van der Waals surface area contributed by atoms with Crippen LogP contribution in [0, 0.1) is 0 Å². The van der Waals surface area contributed by atoms with E-state index < -0.39 is 0 Å². The van der Waals surface area contributed by atoms with Crippen LogP contribution in [-0.2, 0) is 6.54 Å². The molecule has 0 spiro atoms. The number of tetrazole rings is 1. The van der Waals surface area contributed by atoms with Crippen molar-refractivity contribution < 1.29 is 0 Å². The SMILES string of the molecule is CCCNC(C)c1nnnn1CC(C)c1ccccc1. The van der Waals surface area contributed by atoms with Gasteiger partial charge in [-0.3, -0.25) is 0 Å². The molecule has 0 fully saturated rings. The third-order valence-electron chi connectivity index (χ3n) is 3.46. The predicted octanol–water partition coefficient (Wildman–Crippen LogP) is 2.54. The zero-order valence-electron chi connectivity index (χ0n) is 12.5. The molecule has 2 rings (SSSR count). The molecule has 0 radical (unpaired) electrons. The number of hydrogen-bond acceptors (Lipinski definition) is 4. The topological polar surface area (TPSA) is 55.6 Å². The van der Waals surface area contributed by atoms with E-state index in [1.54, 1.807) is 0 Å². The molecule has 1 N–H and O–H groups in total. The molecule has 2 unspecified atom stereocenters. The molecule has 0 aliphatic carbocycles. The zero-order valence-corrected chi connectivity index (χ0v) is 12.5. The normalized spacial score (nSPS) is 14.2. The van der Waals surface area contributed by atoms with Gasteiger partial charge in [-0.25, -0.2) is 4.68 Å². The highest BCUT2D eigenvalue weighted by molar-refractivity contribution is 5.18. The molecule has 0 aliphatic rings. The van der Waals surface area contributed by atoms with Crippen LogP contribution in [0.15, 0.2) is 30.3 Å². The Balaban J connectivity index is 2.05. The van der Waals surface area contributed by atoms with Crippen LogP contribution < -0.4 is 5.32 Å². The number of rotatable bonds is 7. The third-order valence-corrected chi connectivity index (χ3v) is 3.46. The van der Waals surface area contributed by atoms with E-state index in [1.807, 2.05) is 10.7 Å². The monoisotopic (exact) mass is 273 g/mol. The molecule has 0 saturated carbocycles. The fourth-order valence-corrected chi connectivity index (χ4v) is 2.25. The summed E-state index contributed by atoms with van der Waals surface area (Å²) < 4.78 is 1.91. The van der Waals surface area contributed by atoms with Crippen LogP contribution >= 0.6 is 0 Å². The van der Waals surface area contributed by atoms with Crippen LogP contribution in [0.5, 0.6) is 0 Å². The number of nitrogens with zero attached hydrogens (tertiary/aromatic N) is 4. The lowest BCUT2D eigenvalue weighted by atomic mass is 10.0. The first-order valence-electron chi connectivity index (χ1n) is 7.26. The zero-order chi connectivity index (χ0) is 14.4. The lowest BCUT2D eigenvalue weighted by molar-refractivity contribution is 0.462. The van der Waals surface area contributed by atoms with Gasteiger partial charge in [-0.1, -0.05) is 44.2 Å². The van der Waals surface area contributed by atoms with Gasteiger partial charge in [-0.15, -0.1) is 5.10 Å². The third kappa shape index (κ3) is 3.63. The molecule has 5 nitrogen and oxygen atoms in total. The summed E-state index contributed by atoms with van der Waals surface area (Å²) in [5.74, 6) is 1.29. The average Bonchev–Trinajstić information content (AvgIpc) is 2.94. The van der Waals surface area contributed by atoms with Crippen LogP contribution in [-0.4, -0.2) is 26.8 Å². The van der Waals surface area contributed by atoms with Crippen molar-refractivity contribution in [3.05, 3.63) is 41.7 Å². The van der Waals surface area contributed by atoms with Crippen molar-refractivity contribution in [1.82, 2.24) is 25.5 Å². The van der Waals surface area contributed by atoms with Crippen molar-refractivity contribution in [2.75, 3.05) is 6.54 Å². The molecule has 0 bridgehead atoms. The fraction of sp³-hybridized carbons (Fsp3) is 0.533. The first-order chi connectivity index (χ1) is 9.72. The highest BCUT2D eigenvalue weighted by Gasteiger charge is 2.16. The Bertz CT molecular complexity index is 508. The van der Waals surface area contributed by atoms with E-state index in [0.29, 0.717) is 5.92 Å². The summed E-state index contributed by atoms with van der Waals surface area (Å²) in [7, 11) is 0. The van der Waals surface area contributed by atoms with E-state index in [2.05, 4.69) is 65.9 Å². The minimum Gasteiger partial charge on any atom is -0.307 e. The van der Waals surface area contributed by atoms with Gasteiger partial charge in [0, 0.05) is 5.92 Å². The number of nitrogens with one attached hydrogen (secondary N) is 1. The lowest BCUT2D eigenvalue weighted by Crippen LogP contribution is -2.24. The van der Waals surface area contributed by atoms with Gasteiger partial charge in [-0.2, -0.15) is 0 Å². The molecule has 1 heterocycles. The molecule has 1 aromatic heterocycles. The molecule has 1 aromatic carbocycles. The fourth-order valence-electron chi connectivity index (χ4n) is 2.25. The van der Waals surface area contributed by atoms with E-state index in [9.17, 15) is 0 Å². The summed E-state index contributed by atoms with van der Waals surface area (Å²) in [4.78, 5) is 0. The molecule has 0 aliphatic heterocycles. The molecule has 0 amide bonds. The summed E-state index contributed by atoms with van der Waals surface area (Å²) in [5.41, 5.74) is 1.31.